The van der Waals surface area contributed by atoms with Gasteiger partial charge in [-0.3, -0.25) is 19.8 Å². The molecule has 1 fully saturated rings. The highest BCUT2D eigenvalue weighted by Gasteiger charge is 2.34. The van der Waals surface area contributed by atoms with Gasteiger partial charge in [-0.05, 0) is 44.3 Å². The number of benzene rings is 1. The van der Waals surface area contributed by atoms with Crippen molar-refractivity contribution in [1.29, 1.82) is 0 Å². The maximum Gasteiger partial charge on any atom is 0.434 e. The van der Waals surface area contributed by atoms with E-state index in [-0.39, 0.29) is 27.3 Å². The topological polar surface area (TPSA) is 134 Å². The largest absolute Gasteiger partial charge is 0.434 e. The Hall–Kier alpha value is -4.38. The number of carbonyl (C=O) groups is 2. The van der Waals surface area contributed by atoms with E-state index in [0.29, 0.717) is 69.0 Å². The second-order valence-electron chi connectivity index (χ2n) is 11.8. The number of carbonyl (C=O) groups excluding carboxylic acids is 2. The molecule has 1 aliphatic heterocycles. The van der Waals surface area contributed by atoms with Crippen molar-refractivity contribution in [2.75, 3.05) is 71.9 Å². The van der Waals surface area contributed by atoms with E-state index in [1.807, 2.05) is 30.5 Å². The van der Waals surface area contributed by atoms with Crippen molar-refractivity contribution in [2.24, 2.45) is 0 Å². The number of nitrogens with one attached hydrogen (secondary N) is 3. The number of anilines is 1. The summed E-state index contributed by atoms with van der Waals surface area (Å²) in [7, 11) is 3.76. The highest BCUT2D eigenvalue weighted by molar-refractivity contribution is 7.13. The van der Waals surface area contributed by atoms with E-state index in [0.717, 1.165) is 29.8 Å². The zero-order chi connectivity index (χ0) is 35.1. The van der Waals surface area contributed by atoms with Crippen molar-refractivity contribution >= 4 is 40.0 Å². The maximum absolute atomic E-state index is 13.9. The highest BCUT2D eigenvalue weighted by Crippen LogP contribution is 2.39. The third kappa shape index (κ3) is 9.00. The van der Waals surface area contributed by atoms with Crippen LogP contribution >= 0.6 is 11.3 Å². The summed E-state index contributed by atoms with van der Waals surface area (Å²) in [4.78, 5) is 51.9. The number of pyridine rings is 2. The molecule has 0 unspecified atom stereocenters. The fourth-order valence-corrected chi connectivity index (χ4v) is 6.19. The van der Waals surface area contributed by atoms with Gasteiger partial charge in [0.2, 0.25) is 5.43 Å². The molecular formula is C33H39F3N8O4S. The first-order valence-corrected chi connectivity index (χ1v) is 16.8. The van der Waals surface area contributed by atoms with Gasteiger partial charge in [0.05, 0.1) is 18.7 Å². The van der Waals surface area contributed by atoms with Gasteiger partial charge in [-0.1, -0.05) is 13.0 Å². The molecule has 4 aromatic rings. The minimum atomic E-state index is -4.65. The van der Waals surface area contributed by atoms with Gasteiger partial charge in [0, 0.05) is 80.1 Å². The van der Waals surface area contributed by atoms with E-state index in [2.05, 4.69) is 30.8 Å². The molecule has 3 amide bonds. The number of rotatable bonds is 12. The Bertz CT molecular complexity index is 1850. The van der Waals surface area contributed by atoms with E-state index in [1.54, 1.807) is 24.4 Å². The van der Waals surface area contributed by atoms with Gasteiger partial charge in [-0.15, -0.1) is 11.3 Å². The van der Waals surface area contributed by atoms with Crippen LogP contribution in [-0.2, 0) is 17.5 Å². The second kappa shape index (κ2) is 15.9. The summed E-state index contributed by atoms with van der Waals surface area (Å²) in [5.41, 5.74) is 0.211. The van der Waals surface area contributed by atoms with Gasteiger partial charge in [-0.25, -0.2) is 14.8 Å². The molecule has 3 N–H and O–H groups in total. The molecule has 0 radical (unpaired) electrons. The maximum atomic E-state index is 13.9. The number of aromatic nitrogens is 3. The van der Waals surface area contributed by atoms with Crippen LogP contribution < -0.4 is 21.4 Å². The predicted octanol–water partition coefficient (Wildman–Crippen LogP) is 4.36. The smallest absolute Gasteiger partial charge is 0.379 e. The number of thiazole rings is 1. The summed E-state index contributed by atoms with van der Waals surface area (Å²) in [6, 6.07) is 6.08. The molecule has 3 aromatic heterocycles. The summed E-state index contributed by atoms with van der Waals surface area (Å²) in [6.07, 6.45) is -0.932. The Morgan fingerprint density at radius 2 is 1.84 bits per heavy atom. The van der Waals surface area contributed by atoms with E-state index in [9.17, 15) is 27.6 Å². The lowest BCUT2D eigenvalue weighted by molar-refractivity contribution is -0.140. The van der Waals surface area contributed by atoms with Crippen molar-refractivity contribution in [3.63, 3.8) is 0 Å². The molecule has 1 aliphatic rings. The van der Waals surface area contributed by atoms with Gasteiger partial charge in [0.15, 0.2) is 5.69 Å². The molecule has 5 rings (SSSR count). The minimum Gasteiger partial charge on any atom is -0.379 e. The minimum absolute atomic E-state index is 0.0175. The lowest BCUT2D eigenvalue weighted by Crippen LogP contribution is -2.38. The predicted molar refractivity (Wildman–Crippen MR) is 183 cm³/mol. The number of nitrogens with zero attached hydrogens (tertiary/aromatic N) is 5. The molecule has 262 valence electrons. The highest BCUT2D eigenvalue weighted by atomic mass is 32.1. The fourth-order valence-electron chi connectivity index (χ4n) is 5.33. The first kappa shape index (κ1) is 35.9. The SMILES string of the molecule is CCCNC(=O)Nc1cc(-c2nc(C(F)(F)F)cs2)c(-c2ccc3c(c2)c(=O)c(C(=O)NCCN(C)C)cn3CCN2CCOCC2)cn1. The van der Waals surface area contributed by atoms with Crippen LogP contribution in [0, 0.1) is 0 Å². The number of fused-ring (bicyclic) bond motifs is 1. The van der Waals surface area contributed by atoms with E-state index in [4.69, 9.17) is 4.74 Å². The zero-order valence-electron chi connectivity index (χ0n) is 27.5. The first-order chi connectivity index (χ1) is 23.4. The lowest BCUT2D eigenvalue weighted by atomic mass is 9.99. The van der Waals surface area contributed by atoms with Gasteiger partial charge in [0.1, 0.15) is 16.4 Å². The Kier molecular flexibility index (Phi) is 11.6. The first-order valence-electron chi connectivity index (χ1n) is 15.9. The van der Waals surface area contributed by atoms with Crippen LogP contribution in [0.5, 0.6) is 0 Å². The zero-order valence-corrected chi connectivity index (χ0v) is 28.3. The van der Waals surface area contributed by atoms with E-state index >= 15 is 0 Å². The Balaban J connectivity index is 1.59. The molecule has 1 saturated heterocycles. The standard InChI is InChI=1S/C33H39F3N8O4S/c1-4-7-38-32(47)41-28-17-22(31-40-27(20-49-31)33(34,35)36)24(18-39-28)21-5-6-26-23(16-21)29(45)25(30(46)37-8-9-42(2)3)19-44(26)11-10-43-12-14-48-15-13-43/h5-6,16-20H,4,7-15H2,1-3H3,(H,37,46)(H2,38,39,41,47). The quantitative estimate of drug-likeness (QED) is 0.199. The lowest BCUT2D eigenvalue weighted by Gasteiger charge is -2.27. The van der Waals surface area contributed by atoms with Crippen LogP contribution in [-0.4, -0.2) is 103 Å². The van der Waals surface area contributed by atoms with Crippen molar-refractivity contribution in [3.8, 4) is 21.7 Å². The number of ether oxygens (including phenoxy) is 1. The Morgan fingerprint density at radius 1 is 1.06 bits per heavy atom. The van der Waals surface area contributed by atoms with Gasteiger partial charge in [-0.2, -0.15) is 13.2 Å². The molecule has 0 aliphatic carbocycles. The summed E-state index contributed by atoms with van der Waals surface area (Å²) >= 11 is 0.802. The van der Waals surface area contributed by atoms with Gasteiger partial charge >= 0.3 is 12.2 Å². The summed E-state index contributed by atoms with van der Waals surface area (Å²) in [6.45, 7) is 7.23. The molecular weight excluding hydrogens is 661 g/mol. The number of amides is 3. The molecule has 12 nitrogen and oxygen atoms in total. The van der Waals surface area contributed by atoms with Crippen LogP contribution in [0.2, 0.25) is 0 Å². The van der Waals surface area contributed by atoms with Crippen LogP contribution in [0.1, 0.15) is 29.4 Å². The van der Waals surface area contributed by atoms with Crippen molar-refractivity contribution in [1.82, 2.24) is 35.0 Å². The normalized spacial score (nSPS) is 13.9. The molecule has 49 heavy (non-hydrogen) atoms. The molecule has 0 atom stereocenters. The van der Waals surface area contributed by atoms with E-state index in [1.165, 1.54) is 12.3 Å². The van der Waals surface area contributed by atoms with Crippen molar-refractivity contribution in [3.05, 3.63) is 63.5 Å². The number of hydrogen-bond acceptors (Lipinski definition) is 9. The summed E-state index contributed by atoms with van der Waals surface area (Å²) < 4.78 is 48.0. The van der Waals surface area contributed by atoms with Crippen LogP contribution in [0.4, 0.5) is 23.8 Å². The van der Waals surface area contributed by atoms with Gasteiger partial charge < -0.3 is 24.8 Å². The van der Waals surface area contributed by atoms with Crippen molar-refractivity contribution < 1.29 is 27.5 Å². The average molecular weight is 701 g/mol. The molecule has 4 heterocycles. The number of morpholine rings is 1. The number of alkyl halides is 3. The molecule has 0 spiro atoms. The van der Waals surface area contributed by atoms with Crippen LogP contribution in [0.15, 0.2) is 46.8 Å². The van der Waals surface area contributed by atoms with Crippen LogP contribution in [0.25, 0.3) is 32.6 Å². The number of hydrogen-bond donors (Lipinski definition) is 3. The third-order valence-corrected chi connectivity index (χ3v) is 8.82. The fraction of sp³-hybridized carbons (Fsp3) is 0.424. The number of urea groups is 1. The number of halogens is 3. The number of likely N-dealkylation sites (N-methyl/N-ethyl adjacent to an activating group) is 1. The molecule has 16 heteroatoms. The Labute approximate surface area is 285 Å². The monoisotopic (exact) mass is 700 g/mol. The van der Waals surface area contributed by atoms with Crippen LogP contribution in [0.3, 0.4) is 0 Å². The van der Waals surface area contributed by atoms with E-state index < -0.39 is 29.2 Å². The Morgan fingerprint density at radius 3 is 2.53 bits per heavy atom. The van der Waals surface area contributed by atoms with Gasteiger partial charge in [0.25, 0.3) is 5.91 Å². The molecule has 0 saturated carbocycles. The average Bonchev–Trinajstić information content (AvgIpc) is 3.59. The third-order valence-electron chi connectivity index (χ3n) is 7.95. The summed E-state index contributed by atoms with van der Waals surface area (Å²) in [5.74, 6) is -0.389. The second-order valence-corrected chi connectivity index (χ2v) is 12.7. The molecule has 0 bridgehead atoms. The molecule has 1 aromatic carbocycles. The summed E-state index contributed by atoms with van der Waals surface area (Å²) in [5, 5.41) is 9.36. The van der Waals surface area contributed by atoms with Crippen molar-refractivity contribution in [2.45, 2.75) is 26.1 Å².